The molecular formula is C11H14ClN3. The molecule has 0 aliphatic carbocycles. The van der Waals surface area contributed by atoms with Crippen molar-refractivity contribution in [1.29, 1.82) is 0 Å². The van der Waals surface area contributed by atoms with Crippen LogP contribution < -0.4 is 5.73 Å². The van der Waals surface area contributed by atoms with Crippen molar-refractivity contribution in [2.75, 3.05) is 0 Å². The molecule has 0 fully saturated rings. The summed E-state index contributed by atoms with van der Waals surface area (Å²) < 4.78 is 2.02. The topological polar surface area (TPSA) is 43.3 Å². The smallest absolute Gasteiger partial charge is 0.155 e. The summed E-state index contributed by atoms with van der Waals surface area (Å²) in [5.74, 6) is 1.32. The van der Waals surface area contributed by atoms with Crippen LogP contribution >= 0.6 is 11.6 Å². The van der Waals surface area contributed by atoms with Gasteiger partial charge in [-0.05, 0) is 11.6 Å². The van der Waals surface area contributed by atoms with E-state index in [2.05, 4.69) is 18.8 Å². The van der Waals surface area contributed by atoms with Crippen molar-refractivity contribution in [2.24, 2.45) is 5.73 Å². The third kappa shape index (κ3) is 1.62. The minimum atomic E-state index is 0.345. The van der Waals surface area contributed by atoms with Gasteiger partial charge in [0.25, 0.3) is 0 Å². The molecule has 0 saturated carbocycles. The van der Waals surface area contributed by atoms with E-state index in [1.54, 1.807) is 0 Å². The quantitative estimate of drug-likeness (QED) is 0.851. The number of pyridine rings is 1. The van der Waals surface area contributed by atoms with Crippen molar-refractivity contribution < 1.29 is 0 Å². The van der Waals surface area contributed by atoms with Gasteiger partial charge < -0.3 is 10.1 Å². The van der Waals surface area contributed by atoms with Crippen molar-refractivity contribution in [3.8, 4) is 0 Å². The number of imidazole rings is 1. The molecule has 0 atom stereocenters. The second-order valence-electron chi connectivity index (χ2n) is 3.87. The van der Waals surface area contributed by atoms with Gasteiger partial charge in [0.15, 0.2) is 5.15 Å². The van der Waals surface area contributed by atoms with Crippen molar-refractivity contribution >= 4 is 17.1 Å². The van der Waals surface area contributed by atoms with Gasteiger partial charge in [-0.15, -0.1) is 0 Å². The largest absolute Gasteiger partial charge is 0.326 e. The molecule has 0 aliphatic heterocycles. The average Bonchev–Trinajstić information content (AvgIpc) is 2.56. The van der Waals surface area contributed by atoms with Crippen LogP contribution in [0.5, 0.6) is 0 Å². The Morgan fingerprint density at radius 2 is 2.27 bits per heavy atom. The highest BCUT2D eigenvalue weighted by Gasteiger charge is 2.14. The molecule has 2 rings (SSSR count). The summed E-state index contributed by atoms with van der Waals surface area (Å²) in [5.41, 5.74) is 7.64. The van der Waals surface area contributed by atoms with Crippen LogP contribution in [-0.4, -0.2) is 9.38 Å². The van der Waals surface area contributed by atoms with Crippen LogP contribution in [0.1, 0.15) is 31.2 Å². The second-order valence-corrected chi connectivity index (χ2v) is 4.23. The lowest BCUT2D eigenvalue weighted by Gasteiger charge is -2.05. The van der Waals surface area contributed by atoms with Gasteiger partial charge in [-0.3, -0.25) is 0 Å². The number of halogens is 1. The number of aromatic nitrogens is 2. The number of nitrogens with two attached hydrogens (primary N) is 1. The first-order valence-corrected chi connectivity index (χ1v) is 5.38. The SMILES string of the molecule is CC(C)c1nc(Cl)c2c(CN)cccn12. The Morgan fingerprint density at radius 1 is 1.53 bits per heavy atom. The van der Waals surface area contributed by atoms with Crippen LogP contribution in [0.25, 0.3) is 5.52 Å². The highest BCUT2D eigenvalue weighted by molar-refractivity contribution is 6.32. The van der Waals surface area contributed by atoms with E-state index < -0.39 is 0 Å². The fourth-order valence-electron chi connectivity index (χ4n) is 1.76. The Kier molecular flexibility index (Phi) is 2.67. The van der Waals surface area contributed by atoms with Crippen molar-refractivity contribution in [1.82, 2.24) is 9.38 Å². The molecular weight excluding hydrogens is 210 g/mol. The monoisotopic (exact) mass is 223 g/mol. The number of nitrogens with zero attached hydrogens (tertiary/aromatic N) is 2. The summed E-state index contributed by atoms with van der Waals surface area (Å²) >= 11 is 6.12. The number of hydrogen-bond acceptors (Lipinski definition) is 2. The first-order valence-electron chi connectivity index (χ1n) is 5.00. The molecule has 2 heterocycles. The first-order chi connectivity index (χ1) is 7.15. The molecule has 80 valence electrons. The Hall–Kier alpha value is -1.06. The second kappa shape index (κ2) is 3.83. The molecule has 2 aromatic heterocycles. The van der Waals surface area contributed by atoms with E-state index in [0.29, 0.717) is 17.6 Å². The van der Waals surface area contributed by atoms with E-state index in [-0.39, 0.29) is 0 Å². The van der Waals surface area contributed by atoms with E-state index in [0.717, 1.165) is 16.9 Å². The maximum Gasteiger partial charge on any atom is 0.155 e. The van der Waals surface area contributed by atoms with Gasteiger partial charge in [0, 0.05) is 18.7 Å². The van der Waals surface area contributed by atoms with Gasteiger partial charge in [0.05, 0.1) is 5.52 Å². The van der Waals surface area contributed by atoms with Crippen LogP contribution in [0.3, 0.4) is 0 Å². The molecule has 0 aliphatic rings. The van der Waals surface area contributed by atoms with Gasteiger partial charge in [-0.1, -0.05) is 31.5 Å². The number of hydrogen-bond donors (Lipinski definition) is 1. The summed E-state index contributed by atoms with van der Waals surface area (Å²) in [6.07, 6.45) is 1.97. The zero-order valence-corrected chi connectivity index (χ0v) is 9.62. The number of fused-ring (bicyclic) bond motifs is 1. The summed E-state index contributed by atoms with van der Waals surface area (Å²) in [7, 11) is 0. The predicted molar refractivity (Wildman–Crippen MR) is 62.2 cm³/mol. The predicted octanol–water partition coefficient (Wildman–Crippen LogP) is 2.57. The maximum absolute atomic E-state index is 6.12. The lowest BCUT2D eigenvalue weighted by atomic mass is 10.2. The minimum Gasteiger partial charge on any atom is -0.326 e. The molecule has 0 amide bonds. The molecule has 4 heteroatoms. The van der Waals surface area contributed by atoms with Crippen LogP contribution in [0.15, 0.2) is 18.3 Å². The minimum absolute atomic E-state index is 0.345. The lowest BCUT2D eigenvalue weighted by Crippen LogP contribution is -2.01. The molecule has 2 aromatic rings. The van der Waals surface area contributed by atoms with Gasteiger partial charge in [0.1, 0.15) is 5.82 Å². The fraction of sp³-hybridized carbons (Fsp3) is 0.364. The summed E-state index contributed by atoms with van der Waals surface area (Å²) in [4.78, 5) is 4.37. The van der Waals surface area contributed by atoms with E-state index in [4.69, 9.17) is 17.3 Å². The molecule has 0 bridgehead atoms. The Bertz CT molecular complexity index is 488. The molecule has 2 N–H and O–H groups in total. The van der Waals surface area contributed by atoms with Gasteiger partial charge >= 0.3 is 0 Å². The van der Waals surface area contributed by atoms with Crippen LogP contribution in [-0.2, 0) is 6.54 Å². The summed E-state index contributed by atoms with van der Waals surface area (Å²) in [6.45, 7) is 4.67. The zero-order valence-electron chi connectivity index (χ0n) is 8.87. The Balaban J connectivity index is 2.79. The highest BCUT2D eigenvalue weighted by Crippen LogP contribution is 2.25. The molecule has 0 aromatic carbocycles. The van der Waals surface area contributed by atoms with Crippen LogP contribution in [0, 0.1) is 0 Å². The standard InChI is InChI=1S/C11H14ClN3/c1-7(2)11-14-10(12)9-8(6-13)4-3-5-15(9)11/h3-5,7H,6,13H2,1-2H3. The zero-order chi connectivity index (χ0) is 11.0. The van der Waals surface area contributed by atoms with Crippen molar-refractivity contribution in [2.45, 2.75) is 26.3 Å². The van der Waals surface area contributed by atoms with E-state index in [1.165, 1.54) is 0 Å². The Morgan fingerprint density at radius 3 is 2.87 bits per heavy atom. The van der Waals surface area contributed by atoms with Crippen molar-refractivity contribution in [3.05, 3.63) is 34.9 Å². The first kappa shape index (κ1) is 10.5. The van der Waals surface area contributed by atoms with E-state index in [9.17, 15) is 0 Å². The third-order valence-electron chi connectivity index (χ3n) is 2.47. The summed E-state index contributed by atoms with van der Waals surface area (Å²) in [5, 5.41) is 0.541. The van der Waals surface area contributed by atoms with Crippen LogP contribution in [0.2, 0.25) is 5.15 Å². The third-order valence-corrected chi connectivity index (χ3v) is 2.73. The lowest BCUT2D eigenvalue weighted by molar-refractivity contribution is 0.769. The maximum atomic E-state index is 6.12. The van der Waals surface area contributed by atoms with Crippen LogP contribution in [0.4, 0.5) is 0 Å². The van der Waals surface area contributed by atoms with Gasteiger partial charge in [0.2, 0.25) is 0 Å². The highest BCUT2D eigenvalue weighted by atomic mass is 35.5. The Labute approximate surface area is 93.9 Å². The molecule has 15 heavy (non-hydrogen) atoms. The van der Waals surface area contributed by atoms with Gasteiger partial charge in [-0.2, -0.15) is 0 Å². The molecule has 0 spiro atoms. The molecule has 0 saturated heterocycles. The van der Waals surface area contributed by atoms with E-state index >= 15 is 0 Å². The van der Waals surface area contributed by atoms with Gasteiger partial charge in [-0.25, -0.2) is 4.98 Å². The molecule has 3 nitrogen and oxygen atoms in total. The normalized spacial score (nSPS) is 11.5. The number of rotatable bonds is 2. The summed E-state index contributed by atoms with van der Waals surface area (Å²) in [6, 6.07) is 3.95. The average molecular weight is 224 g/mol. The molecule has 0 unspecified atom stereocenters. The molecule has 0 radical (unpaired) electrons. The fourth-order valence-corrected chi connectivity index (χ4v) is 2.05. The van der Waals surface area contributed by atoms with Crippen molar-refractivity contribution in [3.63, 3.8) is 0 Å². The van der Waals surface area contributed by atoms with E-state index in [1.807, 2.05) is 22.7 Å².